The minimum absolute atomic E-state index is 0.0815. The lowest BCUT2D eigenvalue weighted by molar-refractivity contribution is -0.149. The van der Waals surface area contributed by atoms with Crippen molar-refractivity contribution in [3.63, 3.8) is 0 Å². The van der Waals surface area contributed by atoms with Crippen LogP contribution in [0.15, 0.2) is 54.6 Å². The highest BCUT2D eigenvalue weighted by atomic mass is 16.5. The molecule has 1 fully saturated rings. The minimum atomic E-state index is -0.475. The van der Waals surface area contributed by atoms with E-state index in [0.717, 1.165) is 11.3 Å². The third-order valence-electron chi connectivity index (χ3n) is 4.37. The highest BCUT2D eigenvalue weighted by molar-refractivity contribution is 5.99. The van der Waals surface area contributed by atoms with Crippen molar-refractivity contribution in [3.8, 4) is 0 Å². The number of para-hydroxylation sites is 1. The number of hydrogen-bond acceptors (Lipinski definition) is 5. The second kappa shape index (κ2) is 8.49. The predicted octanol–water partition coefficient (Wildman–Crippen LogP) is 2.96. The predicted molar refractivity (Wildman–Crippen MR) is 99.1 cm³/mol. The van der Waals surface area contributed by atoms with Crippen LogP contribution in [0, 0.1) is 5.92 Å². The summed E-state index contributed by atoms with van der Waals surface area (Å²) in [6.07, 6.45) is 0.148. The van der Waals surface area contributed by atoms with Crippen LogP contribution in [0.4, 0.5) is 5.69 Å². The van der Waals surface area contributed by atoms with Crippen molar-refractivity contribution in [3.05, 3.63) is 65.7 Å². The van der Waals surface area contributed by atoms with Crippen LogP contribution < -0.4 is 4.90 Å². The van der Waals surface area contributed by atoms with Gasteiger partial charge in [-0.15, -0.1) is 0 Å². The van der Waals surface area contributed by atoms with Crippen LogP contribution in [-0.4, -0.2) is 31.0 Å². The molecule has 2 aromatic rings. The molecule has 0 N–H and O–H groups in total. The topological polar surface area (TPSA) is 72.9 Å². The minimum Gasteiger partial charge on any atom is -0.462 e. The van der Waals surface area contributed by atoms with Crippen LogP contribution in [0.25, 0.3) is 0 Å². The van der Waals surface area contributed by atoms with E-state index in [4.69, 9.17) is 9.47 Å². The Kier molecular flexibility index (Phi) is 5.86. The Morgan fingerprint density at radius 2 is 1.74 bits per heavy atom. The Labute approximate surface area is 157 Å². The van der Waals surface area contributed by atoms with Gasteiger partial charge in [0.15, 0.2) is 0 Å². The fourth-order valence-electron chi connectivity index (χ4n) is 2.95. The third-order valence-corrected chi connectivity index (χ3v) is 4.37. The number of anilines is 1. The Morgan fingerprint density at radius 3 is 2.41 bits per heavy atom. The second-order valence-corrected chi connectivity index (χ2v) is 6.27. The molecule has 27 heavy (non-hydrogen) atoms. The Hall–Kier alpha value is -3.15. The standard InChI is InChI=1S/C21H21NO5/c1-2-26-20(24)16-10-8-15(9-11-16)14-27-21(25)17-12-19(23)22(13-17)18-6-4-3-5-7-18/h3-11,17H,2,12-14H2,1H3/t17-/m1/s1. The average Bonchev–Trinajstić information content (AvgIpc) is 3.09. The van der Waals surface area contributed by atoms with Crippen LogP contribution in [0.1, 0.15) is 29.3 Å². The van der Waals surface area contributed by atoms with Gasteiger partial charge in [0, 0.05) is 18.7 Å². The van der Waals surface area contributed by atoms with E-state index < -0.39 is 11.9 Å². The van der Waals surface area contributed by atoms with Gasteiger partial charge < -0.3 is 14.4 Å². The lowest BCUT2D eigenvalue weighted by Gasteiger charge is -2.16. The molecule has 0 spiro atoms. The molecule has 0 unspecified atom stereocenters. The number of carbonyl (C=O) groups excluding carboxylic acids is 3. The Bertz CT molecular complexity index is 816. The summed E-state index contributed by atoms with van der Waals surface area (Å²) in [7, 11) is 0. The number of esters is 2. The molecule has 1 heterocycles. The van der Waals surface area contributed by atoms with Gasteiger partial charge in [0.2, 0.25) is 5.91 Å². The van der Waals surface area contributed by atoms with E-state index in [1.807, 2.05) is 30.3 Å². The fraction of sp³-hybridized carbons (Fsp3) is 0.286. The molecule has 1 aliphatic heterocycles. The fourth-order valence-corrected chi connectivity index (χ4v) is 2.95. The first-order chi connectivity index (χ1) is 13.1. The van der Waals surface area contributed by atoms with Gasteiger partial charge in [0.25, 0.3) is 0 Å². The SMILES string of the molecule is CCOC(=O)c1ccc(COC(=O)[C@@H]2CC(=O)N(c3ccccc3)C2)cc1. The van der Waals surface area contributed by atoms with Crippen LogP contribution in [0.2, 0.25) is 0 Å². The van der Waals surface area contributed by atoms with Crippen LogP contribution in [0.5, 0.6) is 0 Å². The molecule has 1 amide bonds. The zero-order valence-electron chi connectivity index (χ0n) is 15.1. The lowest BCUT2D eigenvalue weighted by atomic mass is 10.1. The van der Waals surface area contributed by atoms with E-state index in [0.29, 0.717) is 18.7 Å². The molecule has 1 saturated heterocycles. The molecule has 3 rings (SSSR count). The average molecular weight is 367 g/mol. The molecule has 0 radical (unpaired) electrons. The van der Waals surface area contributed by atoms with E-state index in [1.54, 1.807) is 36.1 Å². The van der Waals surface area contributed by atoms with Crippen LogP contribution in [0.3, 0.4) is 0 Å². The van der Waals surface area contributed by atoms with Crippen LogP contribution >= 0.6 is 0 Å². The normalized spacial score (nSPS) is 16.3. The third kappa shape index (κ3) is 4.53. The van der Waals surface area contributed by atoms with E-state index >= 15 is 0 Å². The van der Waals surface area contributed by atoms with E-state index in [2.05, 4.69) is 0 Å². The summed E-state index contributed by atoms with van der Waals surface area (Å²) in [5, 5.41) is 0. The van der Waals surface area contributed by atoms with Crippen molar-refractivity contribution < 1.29 is 23.9 Å². The number of carbonyl (C=O) groups is 3. The van der Waals surface area contributed by atoms with Crippen molar-refractivity contribution in [1.29, 1.82) is 0 Å². The van der Waals surface area contributed by atoms with Gasteiger partial charge in [-0.3, -0.25) is 9.59 Å². The first kappa shape index (κ1) is 18.6. The maximum Gasteiger partial charge on any atom is 0.338 e. The lowest BCUT2D eigenvalue weighted by Crippen LogP contribution is -2.26. The summed E-state index contributed by atoms with van der Waals surface area (Å²) in [4.78, 5) is 37.8. The first-order valence-corrected chi connectivity index (χ1v) is 8.86. The molecule has 6 heteroatoms. The molecule has 0 bridgehead atoms. The summed E-state index contributed by atoms with van der Waals surface area (Å²) in [5.41, 5.74) is 2.00. The largest absolute Gasteiger partial charge is 0.462 e. The van der Waals surface area contributed by atoms with Crippen molar-refractivity contribution in [1.82, 2.24) is 0 Å². The van der Waals surface area contributed by atoms with Crippen molar-refractivity contribution in [2.24, 2.45) is 5.92 Å². The zero-order chi connectivity index (χ0) is 19.2. The zero-order valence-corrected chi connectivity index (χ0v) is 15.1. The van der Waals surface area contributed by atoms with Gasteiger partial charge in [-0.25, -0.2) is 4.79 Å². The number of ether oxygens (including phenoxy) is 2. The van der Waals surface area contributed by atoms with Gasteiger partial charge in [-0.2, -0.15) is 0 Å². The van der Waals surface area contributed by atoms with Crippen molar-refractivity contribution in [2.45, 2.75) is 20.0 Å². The van der Waals surface area contributed by atoms with Gasteiger partial charge in [-0.05, 0) is 36.8 Å². The number of benzene rings is 2. The molecule has 0 aliphatic carbocycles. The van der Waals surface area contributed by atoms with Gasteiger partial charge in [-0.1, -0.05) is 30.3 Å². The molecule has 0 aromatic heterocycles. The molecule has 2 aromatic carbocycles. The van der Waals surface area contributed by atoms with Crippen molar-refractivity contribution in [2.75, 3.05) is 18.1 Å². The Balaban J connectivity index is 1.54. The van der Waals surface area contributed by atoms with Crippen LogP contribution in [-0.2, 0) is 25.7 Å². The molecular weight excluding hydrogens is 346 g/mol. The van der Waals surface area contributed by atoms with E-state index in [9.17, 15) is 14.4 Å². The van der Waals surface area contributed by atoms with E-state index in [-0.39, 0.29) is 24.9 Å². The van der Waals surface area contributed by atoms with Gasteiger partial charge in [0.05, 0.1) is 18.1 Å². The quantitative estimate of drug-likeness (QED) is 0.734. The maximum atomic E-state index is 12.3. The summed E-state index contributed by atoms with van der Waals surface area (Å²) in [5.74, 6) is -1.33. The summed E-state index contributed by atoms with van der Waals surface area (Å²) < 4.78 is 10.3. The molecule has 6 nitrogen and oxygen atoms in total. The molecular formula is C21H21NO5. The second-order valence-electron chi connectivity index (χ2n) is 6.27. The number of amides is 1. The van der Waals surface area contributed by atoms with Gasteiger partial charge >= 0.3 is 11.9 Å². The van der Waals surface area contributed by atoms with Gasteiger partial charge in [0.1, 0.15) is 6.61 Å². The van der Waals surface area contributed by atoms with E-state index in [1.165, 1.54) is 0 Å². The number of rotatable bonds is 6. The highest BCUT2D eigenvalue weighted by Gasteiger charge is 2.36. The molecule has 140 valence electrons. The highest BCUT2D eigenvalue weighted by Crippen LogP contribution is 2.25. The first-order valence-electron chi connectivity index (χ1n) is 8.86. The number of nitrogens with zero attached hydrogens (tertiary/aromatic N) is 1. The molecule has 1 aliphatic rings. The smallest absolute Gasteiger partial charge is 0.338 e. The monoisotopic (exact) mass is 367 g/mol. The number of hydrogen-bond donors (Lipinski definition) is 0. The molecule has 0 saturated carbocycles. The summed E-state index contributed by atoms with van der Waals surface area (Å²) >= 11 is 0. The summed E-state index contributed by atoms with van der Waals surface area (Å²) in [6, 6.07) is 16.0. The van der Waals surface area contributed by atoms with Crippen molar-refractivity contribution >= 4 is 23.5 Å². The molecule has 1 atom stereocenters. The summed E-state index contributed by atoms with van der Waals surface area (Å²) in [6.45, 7) is 2.48. The maximum absolute atomic E-state index is 12.3. The Morgan fingerprint density at radius 1 is 1.04 bits per heavy atom.